The predicted octanol–water partition coefficient (Wildman–Crippen LogP) is 1.84. The van der Waals surface area contributed by atoms with Crippen molar-refractivity contribution in [2.75, 3.05) is 0 Å². The molecule has 0 saturated carbocycles. The van der Waals surface area contributed by atoms with E-state index in [2.05, 4.69) is 5.32 Å². The van der Waals surface area contributed by atoms with Crippen LogP contribution < -0.4 is 5.32 Å². The lowest BCUT2D eigenvalue weighted by atomic mass is 10.1. The standard InChI is InChI=1S/C12H14FNO2/c1-7-4-5-11(13)10(6-7)12(16)14-8(2)9(3)15/h4-6,8H,1-3H3,(H,14,16). The van der Waals surface area contributed by atoms with Crippen molar-refractivity contribution in [2.45, 2.75) is 26.8 Å². The molecule has 3 nitrogen and oxygen atoms in total. The Morgan fingerprint density at radius 2 is 2.00 bits per heavy atom. The van der Waals surface area contributed by atoms with Gasteiger partial charge in [0.2, 0.25) is 0 Å². The molecule has 1 amide bonds. The highest BCUT2D eigenvalue weighted by Gasteiger charge is 2.16. The number of amides is 1. The molecule has 0 aromatic heterocycles. The zero-order valence-corrected chi connectivity index (χ0v) is 9.50. The number of hydrogen-bond acceptors (Lipinski definition) is 2. The van der Waals surface area contributed by atoms with Crippen molar-refractivity contribution in [3.05, 3.63) is 35.1 Å². The summed E-state index contributed by atoms with van der Waals surface area (Å²) in [6.07, 6.45) is 0. The third-order valence-corrected chi connectivity index (χ3v) is 2.32. The van der Waals surface area contributed by atoms with Gasteiger partial charge in [-0.2, -0.15) is 0 Å². The van der Waals surface area contributed by atoms with Crippen LogP contribution in [0.15, 0.2) is 18.2 Å². The van der Waals surface area contributed by atoms with Crippen LogP contribution in [0.1, 0.15) is 29.8 Å². The van der Waals surface area contributed by atoms with Gasteiger partial charge in [-0.15, -0.1) is 0 Å². The molecule has 1 aromatic rings. The van der Waals surface area contributed by atoms with E-state index >= 15 is 0 Å². The summed E-state index contributed by atoms with van der Waals surface area (Å²) in [5, 5.41) is 2.44. The van der Waals surface area contributed by atoms with Gasteiger partial charge in [0.05, 0.1) is 11.6 Å². The largest absolute Gasteiger partial charge is 0.342 e. The third kappa shape index (κ3) is 2.89. The van der Waals surface area contributed by atoms with Gasteiger partial charge in [-0.3, -0.25) is 9.59 Å². The molecule has 0 aliphatic carbocycles. The maximum absolute atomic E-state index is 13.3. The smallest absolute Gasteiger partial charge is 0.254 e. The molecule has 0 saturated heterocycles. The van der Waals surface area contributed by atoms with E-state index < -0.39 is 17.8 Å². The Hall–Kier alpha value is -1.71. The lowest BCUT2D eigenvalue weighted by molar-refractivity contribution is -0.118. The van der Waals surface area contributed by atoms with E-state index in [1.54, 1.807) is 19.9 Å². The first-order valence-electron chi connectivity index (χ1n) is 4.99. The van der Waals surface area contributed by atoms with Crippen LogP contribution >= 0.6 is 0 Å². The van der Waals surface area contributed by atoms with Crippen molar-refractivity contribution in [2.24, 2.45) is 0 Å². The fraction of sp³-hybridized carbons (Fsp3) is 0.333. The van der Waals surface area contributed by atoms with Crippen LogP contribution in [0.5, 0.6) is 0 Å². The highest BCUT2D eigenvalue weighted by atomic mass is 19.1. The van der Waals surface area contributed by atoms with E-state index in [0.717, 1.165) is 5.56 Å². The highest BCUT2D eigenvalue weighted by Crippen LogP contribution is 2.10. The molecule has 1 rings (SSSR count). The molecular formula is C12H14FNO2. The Morgan fingerprint density at radius 1 is 1.38 bits per heavy atom. The van der Waals surface area contributed by atoms with E-state index in [9.17, 15) is 14.0 Å². The molecule has 1 atom stereocenters. The van der Waals surface area contributed by atoms with Crippen LogP contribution in [0.3, 0.4) is 0 Å². The first-order chi connectivity index (χ1) is 7.41. The second kappa shape index (κ2) is 4.88. The molecule has 0 aliphatic heterocycles. The Kier molecular flexibility index (Phi) is 3.77. The lowest BCUT2D eigenvalue weighted by Gasteiger charge is -2.11. The molecule has 1 aromatic carbocycles. The zero-order valence-electron chi connectivity index (χ0n) is 9.50. The van der Waals surface area contributed by atoms with Gasteiger partial charge in [-0.05, 0) is 32.9 Å². The summed E-state index contributed by atoms with van der Waals surface area (Å²) >= 11 is 0. The van der Waals surface area contributed by atoms with Crippen molar-refractivity contribution < 1.29 is 14.0 Å². The number of hydrogen-bond donors (Lipinski definition) is 1. The molecule has 16 heavy (non-hydrogen) atoms. The molecule has 0 bridgehead atoms. The van der Waals surface area contributed by atoms with Gasteiger partial charge in [-0.1, -0.05) is 11.6 Å². The van der Waals surface area contributed by atoms with Gasteiger partial charge in [0.15, 0.2) is 5.78 Å². The number of ketones is 1. The van der Waals surface area contributed by atoms with Gasteiger partial charge in [-0.25, -0.2) is 4.39 Å². The van der Waals surface area contributed by atoms with Crippen LogP contribution in [-0.2, 0) is 4.79 Å². The zero-order chi connectivity index (χ0) is 12.3. The maximum atomic E-state index is 13.3. The van der Waals surface area contributed by atoms with E-state index in [1.165, 1.54) is 19.1 Å². The molecule has 0 heterocycles. The molecule has 1 N–H and O–H groups in total. The minimum Gasteiger partial charge on any atom is -0.342 e. The quantitative estimate of drug-likeness (QED) is 0.849. The number of carbonyl (C=O) groups is 2. The number of halogens is 1. The number of aryl methyl sites for hydroxylation is 1. The lowest BCUT2D eigenvalue weighted by Crippen LogP contribution is -2.37. The summed E-state index contributed by atoms with van der Waals surface area (Å²) in [6.45, 7) is 4.70. The van der Waals surface area contributed by atoms with Crippen LogP contribution in [0.25, 0.3) is 0 Å². The fourth-order valence-corrected chi connectivity index (χ4v) is 1.19. The van der Waals surface area contributed by atoms with Crippen molar-refractivity contribution in [1.29, 1.82) is 0 Å². The van der Waals surface area contributed by atoms with E-state index in [1.807, 2.05) is 0 Å². The third-order valence-electron chi connectivity index (χ3n) is 2.32. The van der Waals surface area contributed by atoms with Crippen molar-refractivity contribution in [3.8, 4) is 0 Å². The molecule has 0 aliphatic rings. The van der Waals surface area contributed by atoms with Crippen LogP contribution in [0, 0.1) is 12.7 Å². The predicted molar refractivity (Wildman–Crippen MR) is 58.7 cm³/mol. The number of benzene rings is 1. The first-order valence-corrected chi connectivity index (χ1v) is 4.99. The summed E-state index contributed by atoms with van der Waals surface area (Å²) in [7, 11) is 0. The van der Waals surface area contributed by atoms with Gasteiger partial charge in [0.25, 0.3) is 5.91 Å². The summed E-state index contributed by atoms with van der Waals surface area (Å²) in [4.78, 5) is 22.6. The number of rotatable bonds is 3. The normalized spacial score (nSPS) is 12.0. The maximum Gasteiger partial charge on any atom is 0.254 e. The number of carbonyl (C=O) groups excluding carboxylic acids is 2. The first kappa shape index (κ1) is 12.4. The molecule has 86 valence electrons. The summed E-state index contributed by atoms with van der Waals surface area (Å²) < 4.78 is 13.3. The van der Waals surface area contributed by atoms with Gasteiger partial charge in [0, 0.05) is 0 Å². The van der Waals surface area contributed by atoms with E-state index in [4.69, 9.17) is 0 Å². The Balaban J connectivity index is 2.88. The van der Waals surface area contributed by atoms with Crippen LogP contribution in [-0.4, -0.2) is 17.7 Å². The monoisotopic (exact) mass is 223 g/mol. The Bertz CT molecular complexity index is 429. The molecule has 4 heteroatoms. The van der Waals surface area contributed by atoms with Crippen molar-refractivity contribution in [1.82, 2.24) is 5.32 Å². The second-order valence-corrected chi connectivity index (χ2v) is 3.79. The van der Waals surface area contributed by atoms with Crippen molar-refractivity contribution >= 4 is 11.7 Å². The second-order valence-electron chi connectivity index (χ2n) is 3.79. The van der Waals surface area contributed by atoms with Gasteiger partial charge >= 0.3 is 0 Å². The van der Waals surface area contributed by atoms with Gasteiger partial charge < -0.3 is 5.32 Å². The summed E-state index contributed by atoms with van der Waals surface area (Å²) in [6, 6.07) is 3.67. The minimum atomic E-state index is -0.604. The highest BCUT2D eigenvalue weighted by molar-refractivity contribution is 5.97. The van der Waals surface area contributed by atoms with Crippen LogP contribution in [0.4, 0.5) is 4.39 Å². The van der Waals surface area contributed by atoms with Crippen molar-refractivity contribution in [3.63, 3.8) is 0 Å². The SMILES string of the molecule is CC(=O)C(C)NC(=O)c1cc(C)ccc1F. The molecule has 1 unspecified atom stereocenters. The summed E-state index contributed by atoms with van der Waals surface area (Å²) in [5.74, 6) is -1.32. The fourth-order valence-electron chi connectivity index (χ4n) is 1.19. The summed E-state index contributed by atoms with van der Waals surface area (Å²) in [5.41, 5.74) is 0.759. The Labute approximate surface area is 93.7 Å². The average molecular weight is 223 g/mol. The van der Waals surface area contributed by atoms with E-state index in [0.29, 0.717) is 0 Å². The average Bonchev–Trinajstić information content (AvgIpc) is 2.21. The van der Waals surface area contributed by atoms with E-state index in [-0.39, 0.29) is 11.3 Å². The number of nitrogens with one attached hydrogen (secondary N) is 1. The van der Waals surface area contributed by atoms with Crippen LogP contribution in [0.2, 0.25) is 0 Å². The number of Topliss-reactive ketones (excluding diaryl/α,β-unsaturated/α-hetero) is 1. The molecule has 0 spiro atoms. The topological polar surface area (TPSA) is 46.2 Å². The molecule has 0 radical (unpaired) electrons. The minimum absolute atomic E-state index is 0.0342. The molecular weight excluding hydrogens is 209 g/mol. The Morgan fingerprint density at radius 3 is 2.56 bits per heavy atom. The van der Waals surface area contributed by atoms with Gasteiger partial charge in [0.1, 0.15) is 5.82 Å². The molecule has 0 fully saturated rings.